The Morgan fingerprint density at radius 3 is 2.62 bits per heavy atom. The van der Waals surface area contributed by atoms with Crippen LogP contribution in [-0.2, 0) is 0 Å². The van der Waals surface area contributed by atoms with Crippen LogP contribution in [0.3, 0.4) is 0 Å². The van der Waals surface area contributed by atoms with Gasteiger partial charge in [-0.15, -0.1) is 12.4 Å². The van der Waals surface area contributed by atoms with E-state index in [1.807, 2.05) is 0 Å². The van der Waals surface area contributed by atoms with Crippen LogP contribution in [0.25, 0.3) is 0 Å². The van der Waals surface area contributed by atoms with Gasteiger partial charge in [-0.3, -0.25) is 19.9 Å². The largest absolute Gasteiger partial charge is 0.338 e. The minimum absolute atomic E-state index is 0. The molecular formula is C16H23ClN4O3. The molecule has 2 aliphatic rings. The number of nitro groups is 1. The number of piperidine rings is 1. The first-order valence-corrected chi connectivity index (χ1v) is 8.18. The third-order valence-electron chi connectivity index (χ3n) is 4.69. The number of nitrogens with one attached hydrogen (secondary N) is 1. The van der Waals surface area contributed by atoms with Gasteiger partial charge in [-0.25, -0.2) is 0 Å². The third kappa shape index (κ3) is 4.42. The molecule has 2 fully saturated rings. The first kappa shape index (κ1) is 18.6. The van der Waals surface area contributed by atoms with E-state index in [0.29, 0.717) is 30.4 Å². The Hall–Kier alpha value is -1.73. The van der Waals surface area contributed by atoms with Crippen molar-refractivity contribution in [2.24, 2.45) is 5.92 Å². The van der Waals surface area contributed by atoms with E-state index in [9.17, 15) is 14.9 Å². The van der Waals surface area contributed by atoms with Gasteiger partial charge in [-0.2, -0.15) is 0 Å². The molecule has 1 aromatic heterocycles. The van der Waals surface area contributed by atoms with Crippen molar-refractivity contribution in [3.63, 3.8) is 0 Å². The van der Waals surface area contributed by atoms with Crippen molar-refractivity contribution in [3.8, 4) is 0 Å². The molecule has 2 heterocycles. The molecular weight excluding hydrogens is 332 g/mol. The fourth-order valence-electron chi connectivity index (χ4n) is 2.95. The van der Waals surface area contributed by atoms with Crippen molar-refractivity contribution in [1.82, 2.24) is 15.2 Å². The van der Waals surface area contributed by atoms with E-state index in [2.05, 4.69) is 10.3 Å². The van der Waals surface area contributed by atoms with Gasteiger partial charge in [0.25, 0.3) is 11.6 Å². The molecule has 0 radical (unpaired) electrons. The minimum atomic E-state index is -0.517. The highest BCUT2D eigenvalue weighted by atomic mass is 35.5. The van der Waals surface area contributed by atoms with E-state index in [1.54, 1.807) is 11.8 Å². The maximum Gasteiger partial charge on any atom is 0.288 e. The highest BCUT2D eigenvalue weighted by Gasteiger charge is 2.27. The molecule has 7 nitrogen and oxygen atoms in total. The first-order chi connectivity index (χ1) is 11.0. The Bertz CT molecular complexity index is 613. The van der Waals surface area contributed by atoms with Gasteiger partial charge < -0.3 is 10.2 Å². The number of halogens is 1. The Morgan fingerprint density at radius 1 is 1.38 bits per heavy atom. The van der Waals surface area contributed by atoms with E-state index in [1.165, 1.54) is 25.1 Å². The molecule has 1 amide bonds. The number of pyridine rings is 1. The molecule has 1 aliphatic carbocycles. The molecule has 0 aromatic carbocycles. The number of carbonyl (C=O) groups is 1. The summed E-state index contributed by atoms with van der Waals surface area (Å²) in [5.41, 5.74) is 0.734. The number of rotatable bonds is 5. The van der Waals surface area contributed by atoms with Crippen molar-refractivity contribution in [2.75, 3.05) is 19.6 Å². The van der Waals surface area contributed by atoms with E-state index >= 15 is 0 Å². The highest BCUT2D eigenvalue weighted by Crippen LogP contribution is 2.28. The molecule has 1 aromatic rings. The van der Waals surface area contributed by atoms with Crippen LogP contribution < -0.4 is 5.32 Å². The number of aryl methyl sites for hydroxylation is 1. The summed E-state index contributed by atoms with van der Waals surface area (Å²) in [4.78, 5) is 28.7. The summed E-state index contributed by atoms with van der Waals surface area (Å²) in [5, 5.41) is 14.4. The minimum Gasteiger partial charge on any atom is -0.338 e. The summed E-state index contributed by atoms with van der Waals surface area (Å²) in [6, 6.07) is 1.81. The van der Waals surface area contributed by atoms with E-state index in [0.717, 1.165) is 25.3 Å². The van der Waals surface area contributed by atoms with Gasteiger partial charge in [-0.1, -0.05) is 0 Å². The zero-order chi connectivity index (χ0) is 16.4. The van der Waals surface area contributed by atoms with Gasteiger partial charge in [0.05, 0.1) is 16.2 Å². The number of aromatic nitrogens is 1. The normalized spacial score (nSPS) is 18.1. The molecule has 24 heavy (non-hydrogen) atoms. The number of nitrogens with zero attached hydrogens (tertiary/aromatic N) is 3. The predicted molar refractivity (Wildman–Crippen MR) is 92.5 cm³/mol. The molecule has 132 valence electrons. The first-order valence-electron chi connectivity index (χ1n) is 8.18. The van der Waals surface area contributed by atoms with Gasteiger partial charge in [0.2, 0.25) is 0 Å². The number of carbonyl (C=O) groups excluding carboxylic acids is 1. The van der Waals surface area contributed by atoms with Gasteiger partial charge in [0, 0.05) is 25.2 Å². The quantitative estimate of drug-likeness (QED) is 0.647. The zero-order valence-corrected chi connectivity index (χ0v) is 14.6. The summed E-state index contributed by atoms with van der Waals surface area (Å²) in [6.07, 6.45) is 5.73. The number of amides is 1. The number of likely N-dealkylation sites (tertiary alicyclic amines) is 1. The smallest absolute Gasteiger partial charge is 0.288 e. The van der Waals surface area contributed by atoms with Crippen LogP contribution in [0.2, 0.25) is 0 Å². The molecule has 0 unspecified atom stereocenters. The fourth-order valence-corrected chi connectivity index (χ4v) is 2.95. The van der Waals surface area contributed by atoms with Crippen molar-refractivity contribution >= 4 is 24.0 Å². The number of hydrogen-bond donors (Lipinski definition) is 1. The van der Waals surface area contributed by atoms with Crippen LogP contribution in [0.5, 0.6) is 0 Å². The molecule has 1 saturated heterocycles. The predicted octanol–water partition coefficient (Wildman–Crippen LogP) is 2.32. The summed E-state index contributed by atoms with van der Waals surface area (Å²) in [5.74, 6) is 0.701. The third-order valence-corrected chi connectivity index (χ3v) is 4.69. The van der Waals surface area contributed by atoms with E-state index in [-0.39, 0.29) is 24.0 Å². The molecule has 0 atom stereocenters. The zero-order valence-electron chi connectivity index (χ0n) is 13.7. The van der Waals surface area contributed by atoms with Crippen molar-refractivity contribution < 1.29 is 9.72 Å². The molecule has 1 aliphatic heterocycles. The Balaban J connectivity index is 0.00000208. The van der Waals surface area contributed by atoms with Crippen LogP contribution in [-0.4, -0.2) is 46.4 Å². The monoisotopic (exact) mass is 354 g/mol. The molecule has 8 heteroatoms. The van der Waals surface area contributed by atoms with Crippen LogP contribution in [0.15, 0.2) is 12.3 Å². The summed E-state index contributed by atoms with van der Waals surface area (Å²) >= 11 is 0. The summed E-state index contributed by atoms with van der Waals surface area (Å²) < 4.78 is 0. The molecule has 0 spiro atoms. The average molecular weight is 355 g/mol. The van der Waals surface area contributed by atoms with Crippen LogP contribution in [0, 0.1) is 23.0 Å². The fraction of sp³-hybridized carbons (Fsp3) is 0.625. The second-order valence-corrected chi connectivity index (χ2v) is 6.50. The maximum absolute atomic E-state index is 12.6. The van der Waals surface area contributed by atoms with Gasteiger partial charge in [-0.05, 0) is 45.1 Å². The van der Waals surface area contributed by atoms with Crippen LogP contribution in [0.4, 0.5) is 5.69 Å². The van der Waals surface area contributed by atoms with Crippen molar-refractivity contribution in [3.05, 3.63) is 33.6 Å². The Kier molecular flexibility index (Phi) is 6.12. The van der Waals surface area contributed by atoms with Gasteiger partial charge in [0.1, 0.15) is 6.20 Å². The van der Waals surface area contributed by atoms with Crippen molar-refractivity contribution in [1.29, 1.82) is 0 Å². The van der Waals surface area contributed by atoms with Crippen LogP contribution >= 0.6 is 12.4 Å². The van der Waals surface area contributed by atoms with Gasteiger partial charge >= 0.3 is 0 Å². The summed E-state index contributed by atoms with van der Waals surface area (Å²) in [7, 11) is 0. The lowest BCUT2D eigenvalue weighted by Gasteiger charge is -2.32. The van der Waals surface area contributed by atoms with Crippen LogP contribution in [0.1, 0.15) is 41.7 Å². The molecule has 3 rings (SSSR count). The second-order valence-electron chi connectivity index (χ2n) is 6.50. The van der Waals surface area contributed by atoms with Crippen molar-refractivity contribution in [2.45, 2.75) is 38.6 Å². The second kappa shape index (κ2) is 7.90. The molecule has 0 bridgehead atoms. The lowest BCUT2D eigenvalue weighted by Crippen LogP contribution is -2.45. The standard InChI is InChI=1S/C16H22N4O3.ClH/c1-11-15(8-14(10-17-11)20(22)23)16(21)19-6-4-13(5-7-19)18-9-12-2-3-12;/h8,10,12-13,18H,2-7,9H2,1H3;1H. The maximum atomic E-state index is 12.6. The molecule has 1 N–H and O–H groups in total. The SMILES string of the molecule is Cc1ncc([N+](=O)[O-])cc1C(=O)N1CCC(NCC2CC2)CC1.Cl. The topological polar surface area (TPSA) is 88.4 Å². The van der Waals surface area contributed by atoms with Gasteiger partial charge in [0.15, 0.2) is 0 Å². The lowest BCUT2D eigenvalue weighted by atomic mass is 10.0. The van der Waals surface area contributed by atoms with E-state index in [4.69, 9.17) is 0 Å². The molecule has 1 saturated carbocycles. The highest BCUT2D eigenvalue weighted by molar-refractivity contribution is 5.95. The Labute approximate surface area is 147 Å². The lowest BCUT2D eigenvalue weighted by molar-refractivity contribution is -0.385. The number of hydrogen-bond acceptors (Lipinski definition) is 5. The summed E-state index contributed by atoms with van der Waals surface area (Å²) in [6.45, 7) is 4.17. The van der Waals surface area contributed by atoms with E-state index < -0.39 is 4.92 Å². The average Bonchev–Trinajstić information content (AvgIpc) is 3.37. The Morgan fingerprint density at radius 2 is 2.04 bits per heavy atom.